The minimum Gasteiger partial charge on any atom is -0.343 e. The predicted molar refractivity (Wildman–Crippen MR) is 92.3 cm³/mol. The Kier molecular flexibility index (Phi) is 4.07. The van der Waals surface area contributed by atoms with Crippen molar-refractivity contribution in [3.8, 4) is 11.3 Å². The summed E-state index contributed by atoms with van der Waals surface area (Å²) >= 11 is 5.31. The van der Waals surface area contributed by atoms with Crippen LogP contribution < -0.4 is 0 Å². The van der Waals surface area contributed by atoms with Gasteiger partial charge in [-0.25, -0.2) is 4.98 Å². The Labute approximate surface area is 132 Å². The summed E-state index contributed by atoms with van der Waals surface area (Å²) in [5, 5.41) is 0. The Balaban J connectivity index is 2.48. The van der Waals surface area contributed by atoms with E-state index in [4.69, 9.17) is 12.2 Å². The molecule has 0 aliphatic carbocycles. The van der Waals surface area contributed by atoms with E-state index >= 15 is 0 Å². The molecule has 1 aromatic carbocycles. The second-order valence-electron chi connectivity index (χ2n) is 7.56. The summed E-state index contributed by atoms with van der Waals surface area (Å²) in [6, 6.07) is 10.6. The van der Waals surface area contributed by atoms with Gasteiger partial charge in [0.15, 0.2) is 0 Å². The molecule has 3 heteroatoms. The van der Waals surface area contributed by atoms with Crippen LogP contribution in [-0.2, 0) is 10.8 Å². The van der Waals surface area contributed by atoms with Gasteiger partial charge in [-0.15, -0.1) is 0 Å². The smallest absolute Gasteiger partial charge is 0.130 e. The van der Waals surface area contributed by atoms with E-state index in [0.29, 0.717) is 4.64 Å². The van der Waals surface area contributed by atoms with Crippen LogP contribution in [0.1, 0.15) is 52.9 Å². The number of aromatic nitrogens is 2. The van der Waals surface area contributed by atoms with Crippen LogP contribution in [0.5, 0.6) is 0 Å². The first-order valence-electron chi connectivity index (χ1n) is 7.30. The monoisotopic (exact) mass is 300 g/mol. The molecule has 0 saturated heterocycles. The topological polar surface area (TPSA) is 28.7 Å². The Bertz CT molecular complexity index is 683. The maximum atomic E-state index is 5.31. The van der Waals surface area contributed by atoms with Crippen LogP contribution in [0.4, 0.5) is 0 Å². The van der Waals surface area contributed by atoms with Crippen LogP contribution in [0.15, 0.2) is 30.3 Å². The molecule has 0 bridgehead atoms. The van der Waals surface area contributed by atoms with Crippen molar-refractivity contribution in [1.29, 1.82) is 0 Å². The summed E-state index contributed by atoms with van der Waals surface area (Å²) in [6.45, 7) is 13.1. The first-order valence-corrected chi connectivity index (χ1v) is 7.71. The molecule has 0 atom stereocenters. The molecule has 1 aromatic heterocycles. The van der Waals surface area contributed by atoms with Gasteiger partial charge in [0.25, 0.3) is 0 Å². The van der Waals surface area contributed by atoms with Gasteiger partial charge in [-0.05, 0) is 22.6 Å². The highest BCUT2D eigenvalue weighted by Crippen LogP contribution is 2.26. The van der Waals surface area contributed by atoms with E-state index in [-0.39, 0.29) is 10.8 Å². The second-order valence-corrected chi connectivity index (χ2v) is 7.98. The van der Waals surface area contributed by atoms with E-state index in [1.165, 1.54) is 5.56 Å². The Morgan fingerprint density at radius 2 is 1.48 bits per heavy atom. The fourth-order valence-electron chi connectivity index (χ4n) is 2.12. The first-order chi connectivity index (χ1) is 9.57. The summed E-state index contributed by atoms with van der Waals surface area (Å²) in [5.74, 6) is 0.921. The van der Waals surface area contributed by atoms with Gasteiger partial charge in [0.05, 0.1) is 0 Å². The average molecular weight is 300 g/mol. The zero-order valence-electron chi connectivity index (χ0n) is 13.7. The average Bonchev–Trinajstić information content (AvgIpc) is 2.36. The Hall–Kier alpha value is -1.48. The van der Waals surface area contributed by atoms with Crippen LogP contribution in [0, 0.1) is 4.64 Å². The molecular formula is C18H24N2S. The third-order valence-corrected chi connectivity index (χ3v) is 3.72. The van der Waals surface area contributed by atoms with Crippen LogP contribution in [0.3, 0.4) is 0 Å². The third-order valence-electron chi connectivity index (χ3n) is 3.52. The summed E-state index contributed by atoms with van der Waals surface area (Å²) in [4.78, 5) is 7.87. The first kappa shape index (κ1) is 15.9. The molecular weight excluding hydrogens is 276 g/mol. The van der Waals surface area contributed by atoms with Crippen LogP contribution >= 0.6 is 12.2 Å². The fourth-order valence-corrected chi connectivity index (χ4v) is 2.33. The van der Waals surface area contributed by atoms with Gasteiger partial charge in [0.1, 0.15) is 10.5 Å². The lowest BCUT2D eigenvalue weighted by atomic mass is 9.86. The van der Waals surface area contributed by atoms with E-state index in [1.807, 2.05) is 6.07 Å². The van der Waals surface area contributed by atoms with Gasteiger partial charge >= 0.3 is 0 Å². The molecule has 0 unspecified atom stereocenters. The lowest BCUT2D eigenvalue weighted by Gasteiger charge is -2.20. The Morgan fingerprint density at radius 1 is 0.905 bits per heavy atom. The summed E-state index contributed by atoms with van der Waals surface area (Å²) in [5.41, 5.74) is 3.62. The van der Waals surface area contributed by atoms with Gasteiger partial charge in [0.2, 0.25) is 0 Å². The van der Waals surface area contributed by atoms with E-state index in [9.17, 15) is 0 Å². The molecule has 21 heavy (non-hydrogen) atoms. The molecule has 0 spiro atoms. The third kappa shape index (κ3) is 3.79. The molecule has 0 radical (unpaired) electrons. The van der Waals surface area contributed by atoms with Crippen LogP contribution in [-0.4, -0.2) is 9.97 Å². The molecule has 0 aliphatic rings. The largest absolute Gasteiger partial charge is 0.343 e. The number of hydrogen-bond donors (Lipinski definition) is 1. The normalized spacial score (nSPS) is 12.5. The van der Waals surface area contributed by atoms with Gasteiger partial charge < -0.3 is 4.98 Å². The second kappa shape index (κ2) is 5.38. The van der Waals surface area contributed by atoms with E-state index in [2.05, 4.69) is 75.8 Å². The Morgan fingerprint density at radius 3 is 1.95 bits per heavy atom. The lowest BCUT2D eigenvalue weighted by molar-refractivity contribution is 0.545. The SMILES string of the molecule is CC(C)(C)c1ccc(-c2cc(=S)nc(C(C)(C)C)[nH]2)cc1. The van der Waals surface area contributed by atoms with Crippen molar-refractivity contribution in [3.63, 3.8) is 0 Å². The van der Waals surface area contributed by atoms with Crippen molar-refractivity contribution in [3.05, 3.63) is 46.4 Å². The molecule has 0 aliphatic heterocycles. The molecule has 2 aromatic rings. The number of aromatic amines is 1. The fraction of sp³-hybridized carbons (Fsp3) is 0.444. The molecule has 2 nitrogen and oxygen atoms in total. The van der Waals surface area contributed by atoms with E-state index in [1.54, 1.807) is 0 Å². The maximum absolute atomic E-state index is 5.31. The number of hydrogen-bond acceptors (Lipinski definition) is 2. The highest BCUT2D eigenvalue weighted by atomic mass is 32.1. The molecule has 1 N–H and O–H groups in total. The molecule has 0 saturated carbocycles. The number of rotatable bonds is 1. The van der Waals surface area contributed by atoms with Crippen LogP contribution in [0.25, 0.3) is 11.3 Å². The zero-order valence-corrected chi connectivity index (χ0v) is 14.6. The molecule has 2 rings (SSSR count). The summed E-state index contributed by atoms with van der Waals surface area (Å²) in [7, 11) is 0. The lowest BCUT2D eigenvalue weighted by Crippen LogP contribution is -2.16. The molecule has 112 valence electrons. The van der Waals surface area contributed by atoms with E-state index in [0.717, 1.165) is 17.1 Å². The minimum absolute atomic E-state index is 0.0467. The number of benzene rings is 1. The molecule has 0 amide bonds. The quantitative estimate of drug-likeness (QED) is 0.714. The maximum Gasteiger partial charge on any atom is 0.130 e. The van der Waals surface area contributed by atoms with Gasteiger partial charge in [0, 0.05) is 11.1 Å². The van der Waals surface area contributed by atoms with Gasteiger partial charge in [-0.3, -0.25) is 0 Å². The summed E-state index contributed by atoms with van der Waals surface area (Å²) in [6.07, 6.45) is 0. The molecule has 0 fully saturated rings. The zero-order chi connectivity index (χ0) is 15.8. The van der Waals surface area contributed by atoms with Crippen molar-refractivity contribution in [1.82, 2.24) is 9.97 Å². The van der Waals surface area contributed by atoms with Gasteiger partial charge in [-0.2, -0.15) is 0 Å². The van der Waals surface area contributed by atoms with Gasteiger partial charge in [-0.1, -0.05) is 78.0 Å². The molecule has 1 heterocycles. The predicted octanol–water partition coefficient (Wildman–Crippen LogP) is 5.40. The van der Waals surface area contributed by atoms with E-state index < -0.39 is 0 Å². The van der Waals surface area contributed by atoms with Crippen LogP contribution in [0.2, 0.25) is 0 Å². The highest BCUT2D eigenvalue weighted by molar-refractivity contribution is 7.71. The van der Waals surface area contributed by atoms with Crippen molar-refractivity contribution < 1.29 is 0 Å². The van der Waals surface area contributed by atoms with Crippen molar-refractivity contribution >= 4 is 12.2 Å². The summed E-state index contributed by atoms with van der Waals surface area (Å²) < 4.78 is 0.633. The standard InChI is InChI=1S/C18H24N2S/c1-17(2,3)13-9-7-12(8-10-13)14-11-15(21)20-16(19-14)18(4,5)6/h7-11H,1-6H3,(H,19,20,21). The van der Waals surface area contributed by atoms with Crippen molar-refractivity contribution in [2.75, 3.05) is 0 Å². The van der Waals surface area contributed by atoms with Crippen molar-refractivity contribution in [2.24, 2.45) is 0 Å². The number of nitrogens with zero attached hydrogens (tertiary/aromatic N) is 1. The number of H-pyrrole nitrogens is 1. The highest BCUT2D eigenvalue weighted by Gasteiger charge is 2.17. The number of nitrogens with one attached hydrogen (secondary N) is 1. The van der Waals surface area contributed by atoms with Crippen molar-refractivity contribution in [2.45, 2.75) is 52.4 Å². The minimum atomic E-state index is -0.0467.